The fourth-order valence-electron chi connectivity index (χ4n) is 2.82. The highest BCUT2D eigenvalue weighted by atomic mass is 16.5. The minimum absolute atomic E-state index is 0.0771. The first-order valence-corrected chi connectivity index (χ1v) is 7.60. The fourth-order valence-corrected chi connectivity index (χ4v) is 2.82. The van der Waals surface area contributed by atoms with E-state index in [0.717, 1.165) is 32.4 Å². The molecule has 118 valence electrons. The molecule has 1 atom stereocenters. The molecule has 0 bridgehead atoms. The van der Waals surface area contributed by atoms with Crippen molar-refractivity contribution in [1.82, 2.24) is 15.5 Å². The summed E-state index contributed by atoms with van der Waals surface area (Å²) in [4.78, 5) is 13.6. The van der Waals surface area contributed by atoms with Crippen molar-refractivity contribution in [2.45, 2.75) is 57.7 Å². The molecular formula is C15H31N3O2. The number of likely N-dealkylation sites (tertiary alicyclic amines) is 1. The molecule has 1 aliphatic rings. The summed E-state index contributed by atoms with van der Waals surface area (Å²) in [5.74, 6) is 0.103. The van der Waals surface area contributed by atoms with Crippen molar-refractivity contribution in [3.05, 3.63) is 0 Å². The Labute approximate surface area is 123 Å². The number of nitrogens with one attached hydrogen (secondary N) is 2. The van der Waals surface area contributed by atoms with E-state index < -0.39 is 0 Å². The predicted octanol–water partition coefficient (Wildman–Crippen LogP) is 0.990. The van der Waals surface area contributed by atoms with E-state index in [9.17, 15) is 4.79 Å². The number of rotatable bonds is 7. The van der Waals surface area contributed by atoms with Crippen LogP contribution in [0.15, 0.2) is 0 Å². The largest absolute Gasteiger partial charge is 0.379 e. The Morgan fingerprint density at radius 3 is 2.50 bits per heavy atom. The van der Waals surface area contributed by atoms with Gasteiger partial charge in [0.15, 0.2) is 0 Å². The van der Waals surface area contributed by atoms with Crippen molar-refractivity contribution in [2.75, 3.05) is 33.8 Å². The fraction of sp³-hybridized carbons (Fsp3) is 0.933. The van der Waals surface area contributed by atoms with Crippen molar-refractivity contribution >= 4 is 5.91 Å². The molecule has 1 heterocycles. The molecule has 5 heteroatoms. The Kier molecular flexibility index (Phi) is 6.92. The van der Waals surface area contributed by atoms with Gasteiger partial charge in [-0.3, -0.25) is 9.69 Å². The van der Waals surface area contributed by atoms with Crippen molar-refractivity contribution in [1.29, 1.82) is 0 Å². The van der Waals surface area contributed by atoms with E-state index in [0.29, 0.717) is 18.6 Å². The van der Waals surface area contributed by atoms with Gasteiger partial charge in [-0.15, -0.1) is 0 Å². The Balaban J connectivity index is 2.26. The number of carbonyl (C=O) groups excluding carboxylic acids is 1. The Bertz CT molecular complexity index is 299. The minimum Gasteiger partial charge on any atom is -0.379 e. The van der Waals surface area contributed by atoms with Crippen molar-refractivity contribution in [2.24, 2.45) is 0 Å². The Hall–Kier alpha value is -0.650. The predicted molar refractivity (Wildman–Crippen MR) is 81.8 cm³/mol. The zero-order chi connectivity index (χ0) is 15.2. The molecule has 1 saturated heterocycles. The molecule has 5 nitrogen and oxygen atoms in total. The van der Waals surface area contributed by atoms with Gasteiger partial charge in [0.2, 0.25) is 5.91 Å². The van der Waals surface area contributed by atoms with Crippen LogP contribution in [0.25, 0.3) is 0 Å². The summed E-state index contributed by atoms with van der Waals surface area (Å²) in [7, 11) is 3.46. The molecule has 0 saturated carbocycles. The van der Waals surface area contributed by atoms with Crippen LogP contribution in [-0.2, 0) is 9.53 Å². The molecule has 1 aliphatic heterocycles. The van der Waals surface area contributed by atoms with Crippen LogP contribution in [0.2, 0.25) is 0 Å². The Morgan fingerprint density at radius 2 is 2.00 bits per heavy atom. The van der Waals surface area contributed by atoms with Crippen LogP contribution < -0.4 is 10.6 Å². The number of ether oxygens (including phenoxy) is 1. The SMILES string of the molecule is CNC(=O)CN1CCC(NC(C)CC(C)(C)OC)CC1. The van der Waals surface area contributed by atoms with Gasteiger partial charge in [0.1, 0.15) is 0 Å². The van der Waals surface area contributed by atoms with Crippen LogP contribution in [0.1, 0.15) is 40.0 Å². The first kappa shape index (κ1) is 17.4. The van der Waals surface area contributed by atoms with E-state index >= 15 is 0 Å². The number of hydrogen-bond acceptors (Lipinski definition) is 4. The molecule has 1 amide bonds. The number of methoxy groups -OCH3 is 1. The maximum atomic E-state index is 11.3. The zero-order valence-corrected chi connectivity index (χ0v) is 13.7. The van der Waals surface area contributed by atoms with E-state index in [-0.39, 0.29) is 11.5 Å². The highest BCUT2D eigenvalue weighted by molar-refractivity contribution is 5.77. The van der Waals surface area contributed by atoms with Gasteiger partial charge >= 0.3 is 0 Å². The van der Waals surface area contributed by atoms with Gasteiger partial charge in [-0.2, -0.15) is 0 Å². The highest BCUT2D eigenvalue weighted by Gasteiger charge is 2.24. The van der Waals surface area contributed by atoms with Crippen molar-refractivity contribution in [3.8, 4) is 0 Å². The van der Waals surface area contributed by atoms with Crippen LogP contribution in [0.3, 0.4) is 0 Å². The quantitative estimate of drug-likeness (QED) is 0.732. The number of piperidine rings is 1. The summed E-state index contributed by atoms with van der Waals surface area (Å²) < 4.78 is 5.48. The minimum atomic E-state index is -0.0771. The van der Waals surface area contributed by atoms with Crippen molar-refractivity contribution in [3.63, 3.8) is 0 Å². The maximum absolute atomic E-state index is 11.3. The van der Waals surface area contributed by atoms with Gasteiger partial charge in [0, 0.05) is 39.3 Å². The second-order valence-corrected chi connectivity index (χ2v) is 6.46. The topological polar surface area (TPSA) is 53.6 Å². The van der Waals surface area contributed by atoms with Crippen LogP contribution in [-0.4, -0.2) is 62.3 Å². The van der Waals surface area contributed by atoms with Crippen LogP contribution in [0.5, 0.6) is 0 Å². The molecule has 20 heavy (non-hydrogen) atoms. The number of nitrogens with zero attached hydrogens (tertiary/aromatic N) is 1. The molecule has 1 unspecified atom stereocenters. The average molecular weight is 285 g/mol. The second kappa shape index (κ2) is 7.96. The molecule has 0 aromatic heterocycles. The van der Waals surface area contributed by atoms with Gasteiger partial charge in [0.05, 0.1) is 12.1 Å². The summed E-state index contributed by atoms with van der Waals surface area (Å²) in [6, 6.07) is 0.999. The third-order valence-corrected chi connectivity index (χ3v) is 4.10. The van der Waals surface area contributed by atoms with Gasteiger partial charge in [0.25, 0.3) is 0 Å². The molecule has 0 aromatic carbocycles. The lowest BCUT2D eigenvalue weighted by Crippen LogP contribution is -2.48. The summed E-state index contributed by atoms with van der Waals surface area (Å²) >= 11 is 0. The number of carbonyl (C=O) groups is 1. The normalized spacial score (nSPS) is 19.9. The third-order valence-electron chi connectivity index (χ3n) is 4.10. The van der Waals surface area contributed by atoms with Gasteiger partial charge in [-0.25, -0.2) is 0 Å². The molecule has 0 aliphatic carbocycles. The zero-order valence-electron chi connectivity index (χ0n) is 13.7. The molecule has 0 spiro atoms. The number of amides is 1. The summed E-state index contributed by atoms with van der Waals surface area (Å²) in [6.07, 6.45) is 3.21. The second-order valence-electron chi connectivity index (χ2n) is 6.46. The highest BCUT2D eigenvalue weighted by Crippen LogP contribution is 2.17. The average Bonchev–Trinajstić information content (AvgIpc) is 2.40. The molecule has 0 aromatic rings. The molecule has 0 radical (unpaired) electrons. The summed E-state index contributed by atoms with van der Waals surface area (Å²) in [5, 5.41) is 6.37. The van der Waals surface area contributed by atoms with Gasteiger partial charge in [-0.05, 0) is 40.0 Å². The monoisotopic (exact) mass is 285 g/mol. The van der Waals surface area contributed by atoms with Crippen LogP contribution >= 0.6 is 0 Å². The lowest BCUT2D eigenvalue weighted by molar-refractivity contribution is -0.122. The third kappa shape index (κ3) is 6.20. The standard InChI is InChI=1S/C15H31N3O2/c1-12(10-15(2,3)20-5)17-13-6-8-18(9-7-13)11-14(19)16-4/h12-13,17H,6-11H2,1-5H3,(H,16,19). The molecular weight excluding hydrogens is 254 g/mol. The molecule has 1 fully saturated rings. The van der Waals surface area contributed by atoms with Crippen LogP contribution in [0, 0.1) is 0 Å². The first-order valence-electron chi connectivity index (χ1n) is 7.60. The molecule has 1 rings (SSSR count). The number of likely N-dealkylation sites (N-methyl/N-ethyl adjacent to an activating group) is 1. The van der Waals surface area contributed by atoms with E-state index in [1.165, 1.54) is 0 Å². The van der Waals surface area contributed by atoms with Gasteiger partial charge < -0.3 is 15.4 Å². The number of hydrogen-bond donors (Lipinski definition) is 2. The van der Waals surface area contributed by atoms with E-state index in [1.54, 1.807) is 14.2 Å². The summed E-state index contributed by atoms with van der Waals surface area (Å²) in [6.45, 7) is 8.97. The van der Waals surface area contributed by atoms with E-state index in [1.807, 2.05) is 0 Å². The Morgan fingerprint density at radius 1 is 1.40 bits per heavy atom. The first-order chi connectivity index (χ1) is 9.36. The molecule has 2 N–H and O–H groups in total. The smallest absolute Gasteiger partial charge is 0.233 e. The lowest BCUT2D eigenvalue weighted by atomic mass is 9.97. The maximum Gasteiger partial charge on any atom is 0.233 e. The van der Waals surface area contributed by atoms with Gasteiger partial charge in [-0.1, -0.05) is 0 Å². The van der Waals surface area contributed by atoms with E-state index in [4.69, 9.17) is 4.74 Å². The van der Waals surface area contributed by atoms with Crippen molar-refractivity contribution < 1.29 is 9.53 Å². The van der Waals surface area contributed by atoms with Crippen LogP contribution in [0.4, 0.5) is 0 Å². The summed E-state index contributed by atoms with van der Waals surface area (Å²) in [5.41, 5.74) is -0.0771. The lowest BCUT2D eigenvalue weighted by Gasteiger charge is -2.35. The van der Waals surface area contributed by atoms with E-state index in [2.05, 4.69) is 36.3 Å².